The minimum atomic E-state index is -0.560. The number of rotatable bonds is 5. The van der Waals surface area contributed by atoms with Crippen molar-refractivity contribution in [1.82, 2.24) is 20.9 Å². The highest BCUT2D eigenvalue weighted by molar-refractivity contribution is 6.05. The second-order valence-corrected chi connectivity index (χ2v) is 9.12. The Hall–Kier alpha value is -2.25. The average molecular weight is 396 g/mol. The maximum absolute atomic E-state index is 13.1. The number of benzene rings is 1. The highest BCUT2D eigenvalue weighted by Gasteiger charge is 2.43. The molecule has 7 heteroatoms. The monoisotopic (exact) mass is 396 g/mol. The van der Waals surface area contributed by atoms with Crippen LogP contribution >= 0.6 is 0 Å². The molecule has 7 nitrogen and oxygen atoms in total. The SMILES string of the molecule is O=C1CCC(N2Cc3cccc(CNCC4CC5(CCC5)CN4)c3C2=O)C(=O)N1. The Morgan fingerprint density at radius 3 is 2.79 bits per heavy atom. The summed E-state index contributed by atoms with van der Waals surface area (Å²) in [7, 11) is 0. The molecule has 3 fully saturated rings. The first-order chi connectivity index (χ1) is 14.0. The van der Waals surface area contributed by atoms with Gasteiger partial charge in [0.2, 0.25) is 11.8 Å². The third-order valence-corrected chi connectivity index (χ3v) is 7.20. The molecule has 154 valence electrons. The van der Waals surface area contributed by atoms with E-state index in [4.69, 9.17) is 0 Å². The van der Waals surface area contributed by atoms with Crippen LogP contribution in [0.3, 0.4) is 0 Å². The first kappa shape index (κ1) is 18.8. The van der Waals surface area contributed by atoms with Gasteiger partial charge in [0.1, 0.15) is 6.04 Å². The lowest BCUT2D eigenvalue weighted by Gasteiger charge is -2.37. The zero-order valence-electron chi connectivity index (χ0n) is 16.6. The molecule has 0 aromatic heterocycles. The smallest absolute Gasteiger partial charge is 0.255 e. The predicted molar refractivity (Wildman–Crippen MR) is 107 cm³/mol. The number of nitrogens with zero attached hydrogens (tertiary/aromatic N) is 1. The van der Waals surface area contributed by atoms with Gasteiger partial charge in [0.25, 0.3) is 5.91 Å². The average Bonchev–Trinajstić information content (AvgIpc) is 3.25. The molecule has 3 heterocycles. The molecule has 3 aliphatic heterocycles. The number of piperidine rings is 1. The highest BCUT2D eigenvalue weighted by Crippen LogP contribution is 2.46. The van der Waals surface area contributed by atoms with Gasteiger partial charge in [-0.25, -0.2) is 0 Å². The summed E-state index contributed by atoms with van der Waals surface area (Å²) in [6.07, 6.45) is 5.99. The number of imide groups is 1. The molecular weight excluding hydrogens is 368 g/mol. The van der Waals surface area contributed by atoms with Gasteiger partial charge in [-0.2, -0.15) is 0 Å². The molecule has 0 bridgehead atoms. The fourth-order valence-electron chi connectivity index (χ4n) is 5.45. The van der Waals surface area contributed by atoms with Crippen molar-refractivity contribution in [3.63, 3.8) is 0 Å². The molecule has 2 unspecified atom stereocenters. The van der Waals surface area contributed by atoms with Crippen molar-refractivity contribution in [3.05, 3.63) is 34.9 Å². The Bertz CT molecular complexity index is 864. The summed E-state index contributed by atoms with van der Waals surface area (Å²) < 4.78 is 0. The van der Waals surface area contributed by atoms with Crippen molar-refractivity contribution in [1.29, 1.82) is 0 Å². The third kappa shape index (κ3) is 3.36. The van der Waals surface area contributed by atoms with E-state index < -0.39 is 6.04 Å². The van der Waals surface area contributed by atoms with Gasteiger partial charge < -0.3 is 15.5 Å². The molecule has 2 atom stereocenters. The molecule has 1 aliphatic carbocycles. The summed E-state index contributed by atoms with van der Waals surface area (Å²) in [6.45, 7) is 3.11. The van der Waals surface area contributed by atoms with Crippen molar-refractivity contribution in [2.45, 2.75) is 63.7 Å². The summed E-state index contributed by atoms with van der Waals surface area (Å²) in [6, 6.07) is 5.88. The van der Waals surface area contributed by atoms with Crippen LogP contribution in [0.4, 0.5) is 0 Å². The van der Waals surface area contributed by atoms with Crippen LogP contribution in [0, 0.1) is 5.41 Å². The molecule has 2 saturated heterocycles. The van der Waals surface area contributed by atoms with Crippen LogP contribution in [0.25, 0.3) is 0 Å². The molecule has 1 aromatic rings. The van der Waals surface area contributed by atoms with Crippen molar-refractivity contribution >= 4 is 17.7 Å². The van der Waals surface area contributed by atoms with Gasteiger partial charge in [0.05, 0.1) is 0 Å². The van der Waals surface area contributed by atoms with Crippen LogP contribution in [0.5, 0.6) is 0 Å². The Kier molecular flexibility index (Phi) is 4.67. The summed E-state index contributed by atoms with van der Waals surface area (Å²) in [4.78, 5) is 38.4. The Morgan fingerprint density at radius 2 is 2.07 bits per heavy atom. The van der Waals surface area contributed by atoms with Crippen LogP contribution < -0.4 is 16.0 Å². The van der Waals surface area contributed by atoms with E-state index in [1.54, 1.807) is 4.90 Å². The molecule has 5 rings (SSSR count). The Balaban J connectivity index is 1.23. The lowest BCUT2D eigenvalue weighted by molar-refractivity contribution is -0.136. The number of carbonyl (C=O) groups is 3. The number of fused-ring (bicyclic) bond motifs is 1. The quantitative estimate of drug-likeness (QED) is 0.648. The molecule has 0 radical (unpaired) electrons. The minimum Gasteiger partial charge on any atom is -0.322 e. The Labute approximate surface area is 170 Å². The van der Waals surface area contributed by atoms with Gasteiger partial charge >= 0.3 is 0 Å². The molecule has 1 spiro atoms. The lowest BCUT2D eigenvalue weighted by atomic mass is 9.67. The fourth-order valence-corrected chi connectivity index (χ4v) is 5.45. The number of amides is 3. The van der Waals surface area contributed by atoms with E-state index in [9.17, 15) is 14.4 Å². The van der Waals surface area contributed by atoms with Crippen LogP contribution in [-0.2, 0) is 22.7 Å². The largest absolute Gasteiger partial charge is 0.322 e. The first-order valence-corrected chi connectivity index (χ1v) is 10.7. The maximum atomic E-state index is 13.1. The van der Waals surface area contributed by atoms with Crippen molar-refractivity contribution in [2.75, 3.05) is 13.1 Å². The summed E-state index contributed by atoms with van der Waals surface area (Å²) in [5.41, 5.74) is 3.23. The van der Waals surface area contributed by atoms with Crippen LogP contribution in [0.1, 0.15) is 60.0 Å². The molecule has 4 aliphatic rings. The maximum Gasteiger partial charge on any atom is 0.255 e. The van der Waals surface area contributed by atoms with E-state index in [-0.39, 0.29) is 24.1 Å². The van der Waals surface area contributed by atoms with Crippen LogP contribution in [0.2, 0.25) is 0 Å². The molecule has 3 N–H and O–H groups in total. The summed E-state index contributed by atoms with van der Waals surface area (Å²) in [5.74, 6) is -0.719. The van der Waals surface area contributed by atoms with Gasteiger partial charge in [-0.05, 0) is 42.2 Å². The van der Waals surface area contributed by atoms with Crippen LogP contribution in [-0.4, -0.2) is 47.8 Å². The van der Waals surface area contributed by atoms with Crippen LogP contribution in [0.15, 0.2) is 18.2 Å². The van der Waals surface area contributed by atoms with Crippen molar-refractivity contribution in [3.8, 4) is 0 Å². The van der Waals surface area contributed by atoms with E-state index in [0.717, 1.165) is 29.8 Å². The highest BCUT2D eigenvalue weighted by atomic mass is 16.2. The predicted octanol–water partition coefficient (Wildman–Crippen LogP) is 1.07. The fraction of sp³-hybridized carbons (Fsp3) is 0.591. The van der Waals surface area contributed by atoms with Gasteiger partial charge in [0, 0.05) is 44.2 Å². The van der Waals surface area contributed by atoms with Gasteiger partial charge in [-0.1, -0.05) is 24.6 Å². The molecule has 29 heavy (non-hydrogen) atoms. The van der Waals surface area contributed by atoms with Gasteiger partial charge in [-0.3, -0.25) is 19.7 Å². The van der Waals surface area contributed by atoms with E-state index in [1.165, 1.54) is 25.7 Å². The molecule has 1 aromatic carbocycles. The standard InChI is InChI=1S/C22H28N4O3/c27-18-6-5-17(20(28)25-18)26-12-15-4-1-3-14(19(15)21(26)29)10-23-11-16-9-22(13-24-16)7-2-8-22/h1,3-4,16-17,23-24H,2,5-13H2,(H,25,27,28). The number of nitrogens with one attached hydrogen (secondary N) is 3. The van der Waals surface area contributed by atoms with Gasteiger partial charge in [-0.15, -0.1) is 0 Å². The second kappa shape index (κ2) is 7.22. The zero-order chi connectivity index (χ0) is 20.0. The van der Waals surface area contributed by atoms with Crippen molar-refractivity contribution < 1.29 is 14.4 Å². The number of hydrogen-bond acceptors (Lipinski definition) is 5. The summed E-state index contributed by atoms with van der Waals surface area (Å²) >= 11 is 0. The Morgan fingerprint density at radius 1 is 1.21 bits per heavy atom. The van der Waals surface area contributed by atoms with Gasteiger partial charge in [0.15, 0.2) is 0 Å². The minimum absolute atomic E-state index is 0.0979. The zero-order valence-corrected chi connectivity index (χ0v) is 16.6. The second-order valence-electron chi connectivity index (χ2n) is 9.12. The number of hydrogen-bond donors (Lipinski definition) is 3. The third-order valence-electron chi connectivity index (χ3n) is 7.20. The van der Waals surface area contributed by atoms with E-state index in [0.29, 0.717) is 31.0 Å². The molecule has 3 amide bonds. The first-order valence-electron chi connectivity index (χ1n) is 10.7. The van der Waals surface area contributed by atoms with Crippen molar-refractivity contribution in [2.24, 2.45) is 5.41 Å². The molecule has 1 saturated carbocycles. The topological polar surface area (TPSA) is 90.5 Å². The lowest BCUT2D eigenvalue weighted by Crippen LogP contribution is -2.52. The molecular formula is C22H28N4O3. The van der Waals surface area contributed by atoms with E-state index in [2.05, 4.69) is 16.0 Å². The summed E-state index contributed by atoms with van der Waals surface area (Å²) in [5, 5.41) is 9.54. The van der Waals surface area contributed by atoms with E-state index in [1.807, 2.05) is 18.2 Å². The normalized spacial score (nSPS) is 27.9. The van der Waals surface area contributed by atoms with E-state index >= 15 is 0 Å². The number of carbonyl (C=O) groups excluding carboxylic acids is 3.